The first-order valence-electron chi connectivity index (χ1n) is 7.70. The largest absolute Gasteiger partial charge is 0.424 e. The Hall–Kier alpha value is -2.67. The molecule has 0 amide bonds. The Bertz CT molecular complexity index is 1060. The van der Waals surface area contributed by atoms with Gasteiger partial charge >= 0.3 is 0 Å². The summed E-state index contributed by atoms with van der Waals surface area (Å²) in [5.41, 5.74) is 2.51. The van der Waals surface area contributed by atoms with E-state index in [2.05, 4.69) is 20.3 Å². The summed E-state index contributed by atoms with van der Waals surface area (Å²) >= 11 is 1.56. The first kappa shape index (κ1) is 14.9. The maximum Gasteiger partial charge on any atom is 0.295 e. The van der Waals surface area contributed by atoms with Gasteiger partial charge in [0.2, 0.25) is 0 Å². The number of aromatic amines is 1. The van der Waals surface area contributed by atoms with Gasteiger partial charge in [0.05, 0.1) is 5.39 Å². The summed E-state index contributed by atoms with van der Waals surface area (Å²) < 4.78 is 5.61. The molecule has 0 spiro atoms. The van der Waals surface area contributed by atoms with E-state index in [1.807, 2.05) is 38.1 Å². The molecular formula is C17H16N4O2S. The van der Waals surface area contributed by atoms with Crippen LogP contribution in [0.5, 0.6) is 0 Å². The van der Waals surface area contributed by atoms with E-state index in [-0.39, 0.29) is 5.56 Å². The fraction of sp³-hybridized carbons (Fsp3) is 0.235. The number of anilines is 1. The van der Waals surface area contributed by atoms with Crippen molar-refractivity contribution < 1.29 is 4.42 Å². The number of fused-ring (bicyclic) bond motifs is 2. The number of para-hydroxylation sites is 2. The summed E-state index contributed by atoms with van der Waals surface area (Å²) in [4.78, 5) is 26.0. The van der Waals surface area contributed by atoms with Gasteiger partial charge in [-0.25, -0.2) is 4.98 Å². The summed E-state index contributed by atoms with van der Waals surface area (Å²) in [6.07, 6.45) is 0.583. The fourth-order valence-corrected chi connectivity index (χ4v) is 3.70. The van der Waals surface area contributed by atoms with Gasteiger partial charge in [-0.15, -0.1) is 11.3 Å². The highest BCUT2D eigenvalue weighted by atomic mass is 32.1. The first-order valence-corrected chi connectivity index (χ1v) is 8.52. The maximum atomic E-state index is 12.2. The number of thiophene rings is 1. The van der Waals surface area contributed by atoms with Crippen molar-refractivity contribution in [3.05, 3.63) is 50.9 Å². The van der Waals surface area contributed by atoms with Gasteiger partial charge in [-0.2, -0.15) is 4.98 Å². The van der Waals surface area contributed by atoms with Crippen molar-refractivity contribution >= 4 is 38.7 Å². The zero-order valence-electron chi connectivity index (χ0n) is 13.3. The molecule has 122 valence electrons. The molecule has 0 saturated carbocycles. The second-order valence-corrected chi connectivity index (χ2v) is 6.84. The number of nitrogens with zero attached hydrogens (tertiary/aromatic N) is 2. The molecule has 0 saturated heterocycles. The molecule has 4 rings (SSSR count). The summed E-state index contributed by atoms with van der Waals surface area (Å²) in [6.45, 7) is 4.54. The molecule has 2 N–H and O–H groups in total. The van der Waals surface area contributed by atoms with Crippen molar-refractivity contribution in [3.63, 3.8) is 0 Å². The quantitative estimate of drug-likeness (QED) is 0.595. The molecule has 0 unspecified atom stereocenters. The van der Waals surface area contributed by atoms with E-state index in [0.29, 0.717) is 30.2 Å². The lowest BCUT2D eigenvalue weighted by molar-refractivity contribution is 0.614. The Balaban J connectivity index is 1.51. The van der Waals surface area contributed by atoms with Gasteiger partial charge in [0.1, 0.15) is 16.2 Å². The minimum Gasteiger partial charge on any atom is -0.424 e. The van der Waals surface area contributed by atoms with Crippen LogP contribution >= 0.6 is 11.3 Å². The van der Waals surface area contributed by atoms with Crippen LogP contribution < -0.4 is 10.9 Å². The van der Waals surface area contributed by atoms with Crippen molar-refractivity contribution in [3.8, 4) is 0 Å². The van der Waals surface area contributed by atoms with Crippen LogP contribution in [0.25, 0.3) is 21.3 Å². The van der Waals surface area contributed by atoms with E-state index in [9.17, 15) is 4.79 Å². The second-order valence-electron chi connectivity index (χ2n) is 5.64. The van der Waals surface area contributed by atoms with Gasteiger partial charge in [-0.1, -0.05) is 12.1 Å². The summed E-state index contributed by atoms with van der Waals surface area (Å²) in [5, 5.41) is 3.83. The topological polar surface area (TPSA) is 83.8 Å². The highest BCUT2D eigenvalue weighted by Crippen LogP contribution is 2.25. The smallest absolute Gasteiger partial charge is 0.295 e. The Kier molecular flexibility index (Phi) is 3.57. The Morgan fingerprint density at radius 3 is 2.92 bits per heavy atom. The van der Waals surface area contributed by atoms with E-state index in [0.717, 1.165) is 26.4 Å². The van der Waals surface area contributed by atoms with Gasteiger partial charge in [0.15, 0.2) is 5.58 Å². The number of hydrogen-bond donors (Lipinski definition) is 2. The third kappa shape index (κ3) is 2.56. The molecule has 4 aromatic rings. The molecule has 0 aliphatic carbocycles. The zero-order valence-corrected chi connectivity index (χ0v) is 14.2. The van der Waals surface area contributed by atoms with Crippen LogP contribution in [0.4, 0.5) is 6.01 Å². The van der Waals surface area contributed by atoms with Crippen molar-refractivity contribution in [1.82, 2.24) is 15.0 Å². The molecule has 1 aromatic carbocycles. The number of rotatable bonds is 4. The summed E-state index contributed by atoms with van der Waals surface area (Å²) in [6, 6.07) is 8.08. The Morgan fingerprint density at radius 2 is 2.08 bits per heavy atom. The van der Waals surface area contributed by atoms with Gasteiger partial charge in [0, 0.05) is 17.8 Å². The predicted octanol–water partition coefficient (Wildman–Crippen LogP) is 3.40. The number of aryl methyl sites for hydroxylation is 2. The highest BCUT2D eigenvalue weighted by molar-refractivity contribution is 7.18. The standard InChI is InChI=1S/C17H16N4O2S/c1-9-10(2)24-16-14(9)15(22)20-13(21-16)7-8-18-17-19-11-5-3-4-6-12(11)23-17/h3-6H,7-8H2,1-2H3,(H,18,19)(H,20,21,22). The molecule has 3 aromatic heterocycles. The van der Waals surface area contributed by atoms with Crippen LogP contribution in [-0.4, -0.2) is 21.5 Å². The summed E-state index contributed by atoms with van der Waals surface area (Å²) in [5.74, 6) is 0.664. The first-order chi connectivity index (χ1) is 11.6. The average molecular weight is 340 g/mol. The van der Waals surface area contributed by atoms with E-state index in [1.54, 1.807) is 11.3 Å². The third-order valence-electron chi connectivity index (χ3n) is 4.02. The summed E-state index contributed by atoms with van der Waals surface area (Å²) in [7, 11) is 0. The molecule has 6 nitrogen and oxygen atoms in total. The Labute approximate surface area is 141 Å². The van der Waals surface area contributed by atoms with E-state index < -0.39 is 0 Å². The molecular weight excluding hydrogens is 324 g/mol. The molecule has 0 aliphatic heterocycles. The molecule has 0 aliphatic rings. The van der Waals surface area contributed by atoms with Crippen molar-refractivity contribution in [2.75, 3.05) is 11.9 Å². The van der Waals surface area contributed by atoms with Crippen LogP contribution in [0.1, 0.15) is 16.3 Å². The van der Waals surface area contributed by atoms with Crippen molar-refractivity contribution in [1.29, 1.82) is 0 Å². The molecule has 0 radical (unpaired) electrons. The van der Waals surface area contributed by atoms with E-state index in [1.165, 1.54) is 0 Å². The molecule has 0 atom stereocenters. The SMILES string of the molecule is Cc1sc2nc(CCNc3nc4ccccc4o3)[nH]c(=O)c2c1C. The number of oxazole rings is 1. The molecule has 0 bridgehead atoms. The average Bonchev–Trinajstić information content (AvgIpc) is 3.08. The van der Waals surface area contributed by atoms with Crippen LogP contribution in [-0.2, 0) is 6.42 Å². The van der Waals surface area contributed by atoms with E-state index >= 15 is 0 Å². The lowest BCUT2D eigenvalue weighted by atomic mass is 10.2. The molecule has 0 fully saturated rings. The molecule has 7 heteroatoms. The van der Waals surface area contributed by atoms with Crippen molar-refractivity contribution in [2.24, 2.45) is 0 Å². The van der Waals surface area contributed by atoms with Gasteiger partial charge in [-0.3, -0.25) is 4.79 Å². The third-order valence-corrected chi connectivity index (χ3v) is 5.12. The predicted molar refractivity (Wildman–Crippen MR) is 95.9 cm³/mol. The minimum absolute atomic E-state index is 0.0706. The maximum absolute atomic E-state index is 12.2. The van der Waals surface area contributed by atoms with Gasteiger partial charge in [0.25, 0.3) is 11.6 Å². The number of aromatic nitrogens is 3. The van der Waals surface area contributed by atoms with Crippen molar-refractivity contribution in [2.45, 2.75) is 20.3 Å². The number of benzene rings is 1. The highest BCUT2D eigenvalue weighted by Gasteiger charge is 2.12. The second kappa shape index (κ2) is 5.76. The van der Waals surface area contributed by atoms with Gasteiger partial charge < -0.3 is 14.7 Å². The number of H-pyrrole nitrogens is 1. The Morgan fingerprint density at radius 1 is 1.25 bits per heavy atom. The van der Waals surface area contributed by atoms with Crippen LogP contribution in [0.2, 0.25) is 0 Å². The van der Waals surface area contributed by atoms with E-state index in [4.69, 9.17) is 4.42 Å². The van der Waals surface area contributed by atoms with Crippen LogP contribution in [0, 0.1) is 13.8 Å². The lowest BCUT2D eigenvalue weighted by Crippen LogP contribution is -2.14. The van der Waals surface area contributed by atoms with Crippen LogP contribution in [0.3, 0.4) is 0 Å². The lowest BCUT2D eigenvalue weighted by Gasteiger charge is -2.02. The monoisotopic (exact) mass is 340 g/mol. The van der Waals surface area contributed by atoms with Crippen LogP contribution in [0.15, 0.2) is 33.5 Å². The fourth-order valence-electron chi connectivity index (χ4n) is 2.65. The van der Waals surface area contributed by atoms with Gasteiger partial charge in [-0.05, 0) is 31.5 Å². The number of hydrogen-bond acceptors (Lipinski definition) is 6. The zero-order chi connectivity index (χ0) is 16.7. The molecule has 24 heavy (non-hydrogen) atoms. The normalized spacial score (nSPS) is 11.4. The molecule has 3 heterocycles. The number of nitrogens with one attached hydrogen (secondary N) is 2. The minimum atomic E-state index is -0.0706.